The lowest BCUT2D eigenvalue weighted by molar-refractivity contribution is 0.600. The first-order valence-corrected chi connectivity index (χ1v) is 6.77. The van der Waals surface area contributed by atoms with Crippen LogP contribution in [0.5, 0.6) is 0 Å². The topological polar surface area (TPSA) is 30.9 Å². The summed E-state index contributed by atoms with van der Waals surface area (Å²) in [7, 11) is 0. The Morgan fingerprint density at radius 2 is 1.95 bits per heavy atom. The number of hydrogen-bond donors (Lipinski definition) is 1. The van der Waals surface area contributed by atoms with Crippen molar-refractivity contribution in [1.29, 1.82) is 0 Å². The first-order valence-electron chi connectivity index (χ1n) is 6.40. The predicted molar refractivity (Wildman–Crippen MR) is 80.3 cm³/mol. The lowest BCUT2D eigenvalue weighted by Crippen LogP contribution is -2.03. The highest BCUT2D eigenvalue weighted by atomic mass is 35.5. The minimum atomic E-state index is -0.234. The molecule has 2 nitrogen and oxygen atoms in total. The van der Waals surface area contributed by atoms with Gasteiger partial charge < -0.3 is 10.3 Å². The molecule has 0 aliphatic heterocycles. The van der Waals surface area contributed by atoms with Crippen LogP contribution in [0.25, 0.3) is 10.9 Å². The van der Waals surface area contributed by atoms with Gasteiger partial charge in [-0.3, -0.25) is 0 Å². The third kappa shape index (κ3) is 2.30. The first-order chi connectivity index (χ1) is 9.69. The number of hydrogen-bond acceptors (Lipinski definition) is 1. The fourth-order valence-electron chi connectivity index (χ4n) is 2.36. The first kappa shape index (κ1) is 13.2. The van der Waals surface area contributed by atoms with Crippen LogP contribution < -0.4 is 5.73 Å². The van der Waals surface area contributed by atoms with Crippen molar-refractivity contribution in [3.05, 3.63) is 70.6 Å². The predicted octanol–water partition coefficient (Wildman–Crippen LogP) is 3.94. The number of nitrogens with two attached hydrogens (primary N) is 1. The highest BCUT2D eigenvalue weighted by Gasteiger charge is 2.09. The fraction of sp³-hybridized carbons (Fsp3) is 0.125. The van der Waals surface area contributed by atoms with E-state index in [9.17, 15) is 4.39 Å². The largest absolute Gasteiger partial charge is 0.341 e. The monoisotopic (exact) mass is 288 g/mol. The van der Waals surface area contributed by atoms with Gasteiger partial charge in [0.15, 0.2) is 0 Å². The second-order valence-electron chi connectivity index (χ2n) is 4.75. The van der Waals surface area contributed by atoms with Gasteiger partial charge in [0, 0.05) is 29.2 Å². The van der Waals surface area contributed by atoms with Crippen molar-refractivity contribution in [2.24, 2.45) is 5.73 Å². The van der Waals surface area contributed by atoms with Gasteiger partial charge >= 0.3 is 0 Å². The summed E-state index contributed by atoms with van der Waals surface area (Å²) in [6.07, 6.45) is 1.84. The summed E-state index contributed by atoms with van der Waals surface area (Å²) in [5.41, 5.74) is 7.93. The molecule has 0 amide bonds. The van der Waals surface area contributed by atoms with Crippen molar-refractivity contribution in [3.8, 4) is 0 Å². The number of aromatic nitrogens is 1. The SMILES string of the molecule is NCc1ccc(Cn2cc(Cl)c3ccccc32)c(F)c1. The van der Waals surface area contributed by atoms with E-state index >= 15 is 0 Å². The number of halogens is 2. The molecular formula is C16H14ClFN2. The van der Waals surface area contributed by atoms with E-state index in [0.29, 0.717) is 23.7 Å². The lowest BCUT2D eigenvalue weighted by Gasteiger charge is -2.08. The molecule has 0 fully saturated rings. The Bertz CT molecular complexity index is 764. The second kappa shape index (κ2) is 5.27. The molecule has 0 atom stereocenters. The zero-order valence-electron chi connectivity index (χ0n) is 10.8. The van der Waals surface area contributed by atoms with Crippen LogP contribution in [0.4, 0.5) is 4.39 Å². The van der Waals surface area contributed by atoms with Crippen LogP contribution in [0.3, 0.4) is 0 Å². The zero-order chi connectivity index (χ0) is 14.1. The lowest BCUT2D eigenvalue weighted by atomic mass is 10.1. The van der Waals surface area contributed by atoms with Crippen LogP contribution in [-0.2, 0) is 13.1 Å². The maximum absolute atomic E-state index is 14.0. The van der Waals surface area contributed by atoms with Crippen LogP contribution in [-0.4, -0.2) is 4.57 Å². The molecule has 3 aromatic rings. The minimum Gasteiger partial charge on any atom is -0.341 e. The number of rotatable bonds is 3. The van der Waals surface area contributed by atoms with E-state index in [0.717, 1.165) is 16.5 Å². The van der Waals surface area contributed by atoms with Crippen molar-refractivity contribution in [2.75, 3.05) is 0 Å². The maximum Gasteiger partial charge on any atom is 0.128 e. The minimum absolute atomic E-state index is 0.234. The average molecular weight is 289 g/mol. The Morgan fingerprint density at radius 3 is 2.70 bits per heavy atom. The number of benzene rings is 2. The molecule has 3 rings (SSSR count). The summed E-state index contributed by atoms with van der Waals surface area (Å²) < 4.78 is 16.0. The number of fused-ring (bicyclic) bond motifs is 1. The molecule has 0 saturated heterocycles. The highest BCUT2D eigenvalue weighted by molar-refractivity contribution is 6.35. The van der Waals surface area contributed by atoms with E-state index in [1.807, 2.05) is 41.1 Å². The zero-order valence-corrected chi connectivity index (χ0v) is 11.6. The van der Waals surface area contributed by atoms with Crippen molar-refractivity contribution in [3.63, 3.8) is 0 Å². The third-order valence-corrected chi connectivity index (χ3v) is 3.74. The highest BCUT2D eigenvalue weighted by Crippen LogP contribution is 2.26. The maximum atomic E-state index is 14.0. The average Bonchev–Trinajstić information content (AvgIpc) is 2.78. The quantitative estimate of drug-likeness (QED) is 0.777. The van der Waals surface area contributed by atoms with Gasteiger partial charge in [-0.05, 0) is 17.7 Å². The van der Waals surface area contributed by atoms with Gasteiger partial charge in [0.05, 0.1) is 11.6 Å². The standard InChI is InChI=1S/C16H14ClFN2/c17-14-10-20(16-4-2-1-3-13(14)16)9-12-6-5-11(8-19)7-15(12)18/h1-7,10H,8-9,19H2. The van der Waals surface area contributed by atoms with Crippen molar-refractivity contribution in [1.82, 2.24) is 4.57 Å². The molecule has 0 radical (unpaired) electrons. The molecule has 1 aromatic heterocycles. The molecule has 20 heavy (non-hydrogen) atoms. The van der Waals surface area contributed by atoms with Gasteiger partial charge in [0.1, 0.15) is 5.82 Å². The van der Waals surface area contributed by atoms with Gasteiger partial charge in [-0.15, -0.1) is 0 Å². The van der Waals surface area contributed by atoms with E-state index in [1.165, 1.54) is 6.07 Å². The molecule has 0 spiro atoms. The number of para-hydroxylation sites is 1. The van der Waals surface area contributed by atoms with Crippen LogP contribution in [0.15, 0.2) is 48.7 Å². The van der Waals surface area contributed by atoms with Crippen LogP contribution in [0.2, 0.25) is 5.02 Å². The van der Waals surface area contributed by atoms with Gasteiger partial charge in [-0.25, -0.2) is 4.39 Å². The fourth-order valence-corrected chi connectivity index (χ4v) is 2.64. The van der Waals surface area contributed by atoms with Crippen LogP contribution in [0, 0.1) is 5.82 Å². The summed E-state index contributed by atoms with van der Waals surface area (Å²) in [4.78, 5) is 0. The molecule has 0 saturated carbocycles. The van der Waals surface area contributed by atoms with Gasteiger partial charge in [0.25, 0.3) is 0 Å². The molecule has 2 N–H and O–H groups in total. The molecule has 0 aliphatic rings. The van der Waals surface area contributed by atoms with Crippen LogP contribution >= 0.6 is 11.6 Å². The Morgan fingerprint density at radius 1 is 1.15 bits per heavy atom. The molecule has 4 heteroatoms. The summed E-state index contributed by atoms with van der Waals surface area (Å²) >= 11 is 6.20. The summed E-state index contributed by atoms with van der Waals surface area (Å²) in [5, 5.41) is 1.66. The molecule has 102 valence electrons. The molecular weight excluding hydrogens is 275 g/mol. The Labute approximate surface area is 121 Å². The smallest absolute Gasteiger partial charge is 0.128 e. The van der Waals surface area contributed by atoms with Crippen molar-refractivity contribution in [2.45, 2.75) is 13.1 Å². The van der Waals surface area contributed by atoms with E-state index in [1.54, 1.807) is 6.07 Å². The molecule has 1 heterocycles. The Kier molecular flexibility index (Phi) is 3.47. The van der Waals surface area contributed by atoms with Gasteiger partial charge in [-0.1, -0.05) is 41.9 Å². The summed E-state index contributed by atoms with van der Waals surface area (Å²) in [5.74, 6) is -0.234. The second-order valence-corrected chi connectivity index (χ2v) is 5.16. The van der Waals surface area contributed by atoms with E-state index in [4.69, 9.17) is 17.3 Å². The Balaban J connectivity index is 2.01. The number of nitrogens with zero attached hydrogens (tertiary/aromatic N) is 1. The normalized spacial score (nSPS) is 11.2. The molecule has 0 bridgehead atoms. The molecule has 2 aromatic carbocycles. The van der Waals surface area contributed by atoms with Crippen molar-refractivity contribution < 1.29 is 4.39 Å². The molecule has 0 aliphatic carbocycles. The molecule has 0 unspecified atom stereocenters. The summed E-state index contributed by atoms with van der Waals surface area (Å²) in [6, 6.07) is 12.9. The van der Waals surface area contributed by atoms with Crippen LogP contribution in [0.1, 0.15) is 11.1 Å². The van der Waals surface area contributed by atoms with Gasteiger partial charge in [0.2, 0.25) is 0 Å². The van der Waals surface area contributed by atoms with E-state index < -0.39 is 0 Å². The van der Waals surface area contributed by atoms with Crippen molar-refractivity contribution >= 4 is 22.5 Å². The van der Waals surface area contributed by atoms with Gasteiger partial charge in [-0.2, -0.15) is 0 Å². The Hall–Kier alpha value is -1.84. The van der Waals surface area contributed by atoms with E-state index in [-0.39, 0.29) is 5.82 Å². The third-order valence-electron chi connectivity index (χ3n) is 3.43. The summed E-state index contributed by atoms with van der Waals surface area (Å²) in [6.45, 7) is 0.791. The van der Waals surface area contributed by atoms with E-state index in [2.05, 4.69) is 0 Å².